The van der Waals surface area contributed by atoms with E-state index in [1.807, 2.05) is 32.0 Å². The Balaban J connectivity index is 1.55. The molecular weight excluding hydrogens is 396 g/mol. The van der Waals surface area contributed by atoms with Gasteiger partial charge in [-0.25, -0.2) is 8.42 Å². The second kappa shape index (κ2) is 9.65. The van der Waals surface area contributed by atoms with Crippen LogP contribution < -0.4 is 9.62 Å². The molecule has 1 aliphatic rings. The summed E-state index contributed by atoms with van der Waals surface area (Å²) in [6, 6.07) is 13.9. The third-order valence-corrected chi connectivity index (χ3v) is 6.90. The molecule has 0 radical (unpaired) electrons. The van der Waals surface area contributed by atoms with E-state index < -0.39 is 10.0 Å². The quantitative estimate of drug-likeness (QED) is 0.682. The summed E-state index contributed by atoms with van der Waals surface area (Å²) in [4.78, 5) is 12.5. The van der Waals surface area contributed by atoms with Crippen molar-refractivity contribution < 1.29 is 13.2 Å². The van der Waals surface area contributed by atoms with Crippen molar-refractivity contribution in [3.8, 4) is 0 Å². The first-order chi connectivity index (χ1) is 14.2. The average molecular weight is 429 g/mol. The molecule has 0 saturated carbocycles. The van der Waals surface area contributed by atoms with E-state index in [2.05, 4.69) is 23.5 Å². The standard InChI is InChI=1S/C24H32N2O3S/c1-18-8-6-11-23(16-18)26(30(3,28)29)15-7-12-24(27)25-19(2)21-14-13-20-9-4-5-10-22(20)17-21/h6,8,11,13-14,16-17,19H,4-5,7,9-10,12,15H2,1-3H3,(H,25,27). The third kappa shape index (κ3) is 5.85. The molecule has 0 heterocycles. The van der Waals surface area contributed by atoms with Gasteiger partial charge in [-0.05, 0) is 80.3 Å². The third-order valence-electron chi connectivity index (χ3n) is 5.71. The van der Waals surface area contributed by atoms with Gasteiger partial charge in [0, 0.05) is 13.0 Å². The van der Waals surface area contributed by atoms with Crippen LogP contribution in [0.4, 0.5) is 5.69 Å². The Kier molecular flexibility index (Phi) is 7.19. The number of hydrogen-bond acceptors (Lipinski definition) is 3. The average Bonchev–Trinajstić information content (AvgIpc) is 2.69. The molecule has 0 bridgehead atoms. The molecule has 0 spiro atoms. The van der Waals surface area contributed by atoms with Crippen LogP contribution in [-0.4, -0.2) is 27.1 Å². The van der Waals surface area contributed by atoms with Crippen LogP contribution in [0.3, 0.4) is 0 Å². The molecule has 3 rings (SSSR count). The van der Waals surface area contributed by atoms with Crippen LogP contribution in [0.1, 0.15) is 60.9 Å². The SMILES string of the molecule is Cc1cccc(N(CCCC(=O)NC(C)c2ccc3c(c2)CCCC3)S(C)(=O)=O)c1. The molecule has 1 atom stereocenters. The molecule has 0 aliphatic heterocycles. The lowest BCUT2D eigenvalue weighted by atomic mass is 9.89. The molecular formula is C24H32N2O3S. The summed E-state index contributed by atoms with van der Waals surface area (Å²) >= 11 is 0. The molecule has 2 aromatic rings. The van der Waals surface area contributed by atoms with Crippen molar-refractivity contribution in [3.63, 3.8) is 0 Å². The Morgan fingerprint density at radius 2 is 1.83 bits per heavy atom. The number of amides is 1. The smallest absolute Gasteiger partial charge is 0.232 e. The van der Waals surface area contributed by atoms with Gasteiger partial charge in [-0.3, -0.25) is 9.10 Å². The van der Waals surface area contributed by atoms with Gasteiger partial charge < -0.3 is 5.32 Å². The summed E-state index contributed by atoms with van der Waals surface area (Å²) in [7, 11) is -3.41. The Labute approximate surface area is 180 Å². The van der Waals surface area contributed by atoms with Crippen LogP contribution in [0.15, 0.2) is 42.5 Å². The zero-order valence-electron chi connectivity index (χ0n) is 18.1. The molecule has 0 fully saturated rings. The first-order valence-electron chi connectivity index (χ1n) is 10.7. The van der Waals surface area contributed by atoms with E-state index in [-0.39, 0.29) is 24.9 Å². The van der Waals surface area contributed by atoms with E-state index in [0.717, 1.165) is 24.0 Å². The fourth-order valence-electron chi connectivity index (χ4n) is 4.07. The number of nitrogens with one attached hydrogen (secondary N) is 1. The van der Waals surface area contributed by atoms with Crippen molar-refractivity contribution in [1.29, 1.82) is 0 Å². The Morgan fingerprint density at radius 3 is 2.53 bits per heavy atom. The van der Waals surface area contributed by atoms with E-state index in [0.29, 0.717) is 12.1 Å². The molecule has 2 aromatic carbocycles. The number of sulfonamides is 1. The maximum Gasteiger partial charge on any atom is 0.232 e. The number of carbonyl (C=O) groups excluding carboxylic acids is 1. The van der Waals surface area contributed by atoms with Gasteiger partial charge in [-0.1, -0.05) is 30.3 Å². The van der Waals surface area contributed by atoms with E-state index in [9.17, 15) is 13.2 Å². The highest BCUT2D eigenvalue weighted by atomic mass is 32.2. The Morgan fingerprint density at radius 1 is 1.10 bits per heavy atom. The van der Waals surface area contributed by atoms with Crippen LogP contribution in [0.25, 0.3) is 0 Å². The molecule has 5 nitrogen and oxygen atoms in total. The number of anilines is 1. The predicted molar refractivity (Wildman–Crippen MR) is 122 cm³/mol. The van der Waals surface area contributed by atoms with Crippen molar-refractivity contribution in [3.05, 3.63) is 64.7 Å². The molecule has 162 valence electrons. The molecule has 1 amide bonds. The summed E-state index contributed by atoms with van der Waals surface area (Å²) < 4.78 is 25.8. The molecule has 1 aliphatic carbocycles. The number of benzene rings is 2. The lowest BCUT2D eigenvalue weighted by Crippen LogP contribution is -2.32. The minimum absolute atomic E-state index is 0.0575. The molecule has 1 unspecified atom stereocenters. The maximum atomic E-state index is 12.5. The van der Waals surface area contributed by atoms with Crippen LogP contribution >= 0.6 is 0 Å². The van der Waals surface area contributed by atoms with Gasteiger partial charge in [0.25, 0.3) is 0 Å². The second-order valence-corrected chi connectivity index (χ2v) is 10.2. The topological polar surface area (TPSA) is 66.5 Å². The largest absolute Gasteiger partial charge is 0.350 e. The normalized spacial score (nSPS) is 14.6. The van der Waals surface area contributed by atoms with Gasteiger partial charge in [0.05, 0.1) is 18.0 Å². The van der Waals surface area contributed by atoms with Crippen molar-refractivity contribution in [1.82, 2.24) is 5.32 Å². The van der Waals surface area contributed by atoms with Crippen LogP contribution in [-0.2, 0) is 27.7 Å². The van der Waals surface area contributed by atoms with Gasteiger partial charge in [-0.15, -0.1) is 0 Å². The molecule has 6 heteroatoms. The molecule has 0 saturated heterocycles. The van der Waals surface area contributed by atoms with Crippen LogP contribution in [0.2, 0.25) is 0 Å². The van der Waals surface area contributed by atoms with E-state index in [4.69, 9.17) is 0 Å². The zero-order chi connectivity index (χ0) is 21.7. The highest BCUT2D eigenvalue weighted by molar-refractivity contribution is 7.92. The van der Waals surface area contributed by atoms with Crippen molar-refractivity contribution in [2.45, 2.75) is 58.4 Å². The number of fused-ring (bicyclic) bond motifs is 1. The van der Waals surface area contributed by atoms with E-state index in [1.165, 1.54) is 34.5 Å². The summed E-state index contributed by atoms with van der Waals surface area (Å²) in [5, 5.41) is 3.06. The van der Waals surface area contributed by atoms with Gasteiger partial charge in [-0.2, -0.15) is 0 Å². The number of aryl methyl sites for hydroxylation is 3. The lowest BCUT2D eigenvalue weighted by Gasteiger charge is -2.23. The number of carbonyl (C=O) groups is 1. The van der Waals surface area contributed by atoms with Crippen molar-refractivity contribution in [2.75, 3.05) is 17.1 Å². The number of hydrogen-bond donors (Lipinski definition) is 1. The zero-order valence-corrected chi connectivity index (χ0v) is 19.0. The fraction of sp³-hybridized carbons (Fsp3) is 0.458. The number of nitrogens with zero attached hydrogens (tertiary/aromatic N) is 1. The van der Waals surface area contributed by atoms with E-state index >= 15 is 0 Å². The minimum Gasteiger partial charge on any atom is -0.350 e. The lowest BCUT2D eigenvalue weighted by molar-refractivity contribution is -0.121. The molecule has 30 heavy (non-hydrogen) atoms. The van der Waals surface area contributed by atoms with Gasteiger partial charge in [0.2, 0.25) is 15.9 Å². The predicted octanol–water partition coefficient (Wildman–Crippen LogP) is 4.30. The summed E-state index contributed by atoms with van der Waals surface area (Å²) in [6.07, 6.45) is 6.70. The summed E-state index contributed by atoms with van der Waals surface area (Å²) in [5.41, 5.74) is 5.60. The highest BCUT2D eigenvalue weighted by Gasteiger charge is 2.18. The van der Waals surface area contributed by atoms with Crippen molar-refractivity contribution >= 4 is 21.6 Å². The Bertz CT molecular complexity index is 1000. The fourth-order valence-corrected chi connectivity index (χ4v) is 5.03. The Hall–Kier alpha value is -2.34. The molecule has 1 N–H and O–H groups in total. The van der Waals surface area contributed by atoms with Gasteiger partial charge >= 0.3 is 0 Å². The highest BCUT2D eigenvalue weighted by Crippen LogP contribution is 2.25. The number of rotatable bonds is 8. The summed E-state index contributed by atoms with van der Waals surface area (Å²) in [6.45, 7) is 4.21. The van der Waals surface area contributed by atoms with Crippen molar-refractivity contribution in [2.24, 2.45) is 0 Å². The van der Waals surface area contributed by atoms with Gasteiger partial charge in [0.15, 0.2) is 0 Å². The second-order valence-electron chi connectivity index (χ2n) is 8.30. The first kappa shape index (κ1) is 22.3. The van der Waals surface area contributed by atoms with Gasteiger partial charge in [0.1, 0.15) is 0 Å². The van der Waals surface area contributed by atoms with Crippen LogP contribution in [0.5, 0.6) is 0 Å². The van der Waals surface area contributed by atoms with E-state index in [1.54, 1.807) is 6.07 Å². The molecule has 0 aromatic heterocycles. The summed E-state index contributed by atoms with van der Waals surface area (Å²) in [5.74, 6) is -0.0575. The minimum atomic E-state index is -3.41. The first-order valence-corrected chi connectivity index (χ1v) is 12.5. The monoisotopic (exact) mass is 428 g/mol. The van der Waals surface area contributed by atoms with Crippen LogP contribution in [0, 0.1) is 6.92 Å². The maximum absolute atomic E-state index is 12.5.